The molecule has 0 spiro atoms. The minimum Gasteiger partial charge on any atom is -0.464 e. The maximum absolute atomic E-state index is 11.9. The van der Waals surface area contributed by atoms with Gasteiger partial charge < -0.3 is 10.1 Å². The fourth-order valence-corrected chi connectivity index (χ4v) is 2.54. The fraction of sp³-hybridized carbons (Fsp3) is 0.688. The largest absolute Gasteiger partial charge is 0.464 e. The third-order valence-corrected chi connectivity index (χ3v) is 3.66. The van der Waals surface area contributed by atoms with Gasteiger partial charge in [-0.05, 0) is 44.1 Å². The van der Waals surface area contributed by atoms with Gasteiger partial charge in [0.15, 0.2) is 0 Å². The lowest BCUT2D eigenvalue weighted by Gasteiger charge is -2.35. The predicted octanol–water partition coefficient (Wildman–Crippen LogP) is 3.57. The second-order valence-electron chi connectivity index (χ2n) is 6.08. The van der Waals surface area contributed by atoms with Crippen LogP contribution in [-0.2, 0) is 9.53 Å². The van der Waals surface area contributed by atoms with E-state index in [0.717, 1.165) is 30.5 Å². The van der Waals surface area contributed by atoms with Crippen LogP contribution < -0.4 is 5.32 Å². The van der Waals surface area contributed by atoms with Crippen molar-refractivity contribution in [1.82, 2.24) is 5.32 Å². The van der Waals surface area contributed by atoms with E-state index in [1.165, 1.54) is 5.57 Å². The van der Waals surface area contributed by atoms with Gasteiger partial charge in [0.25, 0.3) is 0 Å². The smallest absolute Gasteiger partial charge is 0.328 e. The van der Waals surface area contributed by atoms with E-state index in [2.05, 4.69) is 32.7 Å². The lowest BCUT2D eigenvalue weighted by atomic mass is 9.74. The summed E-state index contributed by atoms with van der Waals surface area (Å²) in [4.78, 5) is 11.9. The van der Waals surface area contributed by atoms with Crippen LogP contribution in [0.1, 0.15) is 53.9 Å². The monoisotopic (exact) mass is 265 g/mol. The maximum atomic E-state index is 11.9. The van der Waals surface area contributed by atoms with Crippen molar-refractivity contribution in [3.63, 3.8) is 0 Å². The Labute approximate surface area is 117 Å². The van der Waals surface area contributed by atoms with E-state index in [1.54, 1.807) is 0 Å². The third kappa shape index (κ3) is 4.12. The summed E-state index contributed by atoms with van der Waals surface area (Å²) in [5.41, 5.74) is 3.70. The lowest BCUT2D eigenvalue weighted by Crippen LogP contribution is -2.39. The van der Waals surface area contributed by atoms with E-state index in [4.69, 9.17) is 4.74 Å². The van der Waals surface area contributed by atoms with Crippen molar-refractivity contribution in [2.24, 2.45) is 5.41 Å². The van der Waals surface area contributed by atoms with Gasteiger partial charge in [-0.25, -0.2) is 4.79 Å². The Balaban J connectivity index is 2.86. The van der Waals surface area contributed by atoms with Gasteiger partial charge in [-0.15, -0.1) is 0 Å². The average Bonchev–Trinajstić information content (AvgIpc) is 2.31. The quantitative estimate of drug-likeness (QED) is 0.772. The molecule has 0 aromatic carbocycles. The number of esters is 1. The summed E-state index contributed by atoms with van der Waals surface area (Å²) in [5, 5.41) is 3.37. The van der Waals surface area contributed by atoms with Crippen LogP contribution in [0.5, 0.6) is 0 Å². The van der Waals surface area contributed by atoms with Gasteiger partial charge >= 0.3 is 5.97 Å². The number of carbonyl (C=O) groups excluding carboxylic acids is 1. The van der Waals surface area contributed by atoms with Crippen LogP contribution in [0.4, 0.5) is 0 Å². The molecule has 1 atom stereocenters. The van der Waals surface area contributed by atoms with Gasteiger partial charge in [0.2, 0.25) is 0 Å². The minimum absolute atomic E-state index is 0.167. The summed E-state index contributed by atoms with van der Waals surface area (Å²) in [7, 11) is 0. The molecule has 3 heteroatoms. The molecule has 1 N–H and O–H groups in total. The first kappa shape index (κ1) is 15.8. The Hall–Kier alpha value is -1.25. The van der Waals surface area contributed by atoms with E-state index >= 15 is 0 Å². The first-order chi connectivity index (χ1) is 8.80. The van der Waals surface area contributed by atoms with E-state index in [-0.39, 0.29) is 17.4 Å². The van der Waals surface area contributed by atoms with E-state index < -0.39 is 0 Å². The molecular weight excluding hydrogens is 238 g/mol. The number of allylic oxidation sites excluding steroid dienone is 3. The number of hydrogen-bond donors (Lipinski definition) is 1. The van der Waals surface area contributed by atoms with Crippen LogP contribution in [0, 0.1) is 5.41 Å². The standard InChI is InChI=1S/C16H27NO2/c1-7-13(15(18)19-8-2)17-14-10-16(5,6)9-11(3)12(14)4/h13,17H,3,7-10H2,1-2,4-6H3. The number of carbonyl (C=O) groups is 1. The van der Waals surface area contributed by atoms with Crippen molar-refractivity contribution in [2.75, 3.05) is 6.61 Å². The van der Waals surface area contributed by atoms with Gasteiger partial charge in [-0.3, -0.25) is 0 Å². The van der Waals surface area contributed by atoms with Gasteiger partial charge in [0.1, 0.15) is 6.04 Å². The molecule has 0 aliphatic heterocycles. The molecule has 0 amide bonds. The summed E-state index contributed by atoms with van der Waals surface area (Å²) in [6.45, 7) is 14.9. The zero-order valence-corrected chi connectivity index (χ0v) is 12.9. The van der Waals surface area contributed by atoms with E-state index in [1.807, 2.05) is 13.8 Å². The van der Waals surface area contributed by atoms with Gasteiger partial charge in [0, 0.05) is 5.70 Å². The number of ether oxygens (including phenoxy) is 1. The van der Waals surface area contributed by atoms with Crippen LogP contribution in [0.25, 0.3) is 0 Å². The molecule has 1 aliphatic carbocycles. The zero-order chi connectivity index (χ0) is 14.6. The second kappa shape index (κ2) is 6.27. The molecule has 0 bridgehead atoms. The van der Waals surface area contributed by atoms with Crippen LogP contribution in [0.2, 0.25) is 0 Å². The van der Waals surface area contributed by atoms with E-state index in [0.29, 0.717) is 6.61 Å². The number of nitrogens with one attached hydrogen (secondary N) is 1. The maximum Gasteiger partial charge on any atom is 0.328 e. The van der Waals surface area contributed by atoms with Crippen molar-refractivity contribution in [2.45, 2.75) is 59.9 Å². The predicted molar refractivity (Wildman–Crippen MR) is 78.7 cm³/mol. The molecule has 0 fully saturated rings. The van der Waals surface area contributed by atoms with Crippen LogP contribution >= 0.6 is 0 Å². The summed E-state index contributed by atoms with van der Waals surface area (Å²) >= 11 is 0. The van der Waals surface area contributed by atoms with Crippen molar-refractivity contribution < 1.29 is 9.53 Å². The molecule has 0 aromatic heterocycles. The fourth-order valence-electron chi connectivity index (χ4n) is 2.54. The van der Waals surface area contributed by atoms with Gasteiger partial charge in [-0.1, -0.05) is 32.9 Å². The van der Waals surface area contributed by atoms with Crippen molar-refractivity contribution in [1.29, 1.82) is 0 Å². The van der Waals surface area contributed by atoms with Crippen molar-refractivity contribution >= 4 is 5.97 Å². The molecule has 0 heterocycles. The molecule has 0 saturated carbocycles. The highest BCUT2D eigenvalue weighted by Crippen LogP contribution is 2.40. The molecule has 0 aromatic rings. The van der Waals surface area contributed by atoms with E-state index in [9.17, 15) is 4.79 Å². The molecule has 1 aliphatic rings. The first-order valence-electron chi connectivity index (χ1n) is 7.11. The summed E-state index contributed by atoms with van der Waals surface area (Å²) in [6.07, 6.45) is 2.69. The Bertz CT molecular complexity index is 394. The molecule has 3 nitrogen and oxygen atoms in total. The van der Waals surface area contributed by atoms with Crippen LogP contribution in [0.3, 0.4) is 0 Å². The Kier molecular flexibility index (Phi) is 5.21. The van der Waals surface area contributed by atoms with Crippen LogP contribution in [0.15, 0.2) is 23.4 Å². The second-order valence-corrected chi connectivity index (χ2v) is 6.08. The molecule has 1 rings (SSSR count). The minimum atomic E-state index is -0.258. The Morgan fingerprint density at radius 3 is 2.58 bits per heavy atom. The summed E-state index contributed by atoms with van der Waals surface area (Å²) in [5.74, 6) is -0.167. The Morgan fingerprint density at radius 2 is 2.05 bits per heavy atom. The SMILES string of the molecule is C=C1CC(C)(C)CC(NC(CC)C(=O)OCC)=C1C. The highest BCUT2D eigenvalue weighted by atomic mass is 16.5. The zero-order valence-electron chi connectivity index (χ0n) is 12.9. The Morgan fingerprint density at radius 1 is 1.42 bits per heavy atom. The van der Waals surface area contributed by atoms with Gasteiger partial charge in [-0.2, -0.15) is 0 Å². The molecule has 1 unspecified atom stereocenters. The van der Waals surface area contributed by atoms with Gasteiger partial charge in [0.05, 0.1) is 6.61 Å². The van der Waals surface area contributed by atoms with Crippen LogP contribution in [-0.4, -0.2) is 18.6 Å². The summed E-state index contributed by atoms with van der Waals surface area (Å²) < 4.78 is 5.10. The number of rotatable bonds is 5. The topological polar surface area (TPSA) is 38.3 Å². The molecule has 108 valence electrons. The lowest BCUT2D eigenvalue weighted by molar-refractivity contribution is -0.145. The highest BCUT2D eigenvalue weighted by Gasteiger charge is 2.30. The summed E-state index contributed by atoms with van der Waals surface area (Å²) in [6, 6.07) is -0.258. The number of hydrogen-bond acceptors (Lipinski definition) is 3. The molecular formula is C16H27NO2. The normalized spacial score (nSPS) is 20.2. The first-order valence-corrected chi connectivity index (χ1v) is 7.11. The molecule has 0 radical (unpaired) electrons. The molecule has 0 saturated heterocycles. The molecule has 19 heavy (non-hydrogen) atoms. The highest BCUT2D eigenvalue weighted by molar-refractivity contribution is 5.76. The third-order valence-electron chi connectivity index (χ3n) is 3.66. The average molecular weight is 265 g/mol. The van der Waals surface area contributed by atoms with Crippen molar-refractivity contribution in [3.05, 3.63) is 23.4 Å². The van der Waals surface area contributed by atoms with Crippen molar-refractivity contribution in [3.8, 4) is 0 Å².